The fourth-order valence-electron chi connectivity index (χ4n) is 1.92. The van der Waals surface area contributed by atoms with Gasteiger partial charge in [-0.15, -0.1) is 0 Å². The predicted octanol–water partition coefficient (Wildman–Crippen LogP) is 4.70. The van der Waals surface area contributed by atoms with Crippen molar-refractivity contribution < 1.29 is 0 Å². The van der Waals surface area contributed by atoms with Gasteiger partial charge in [0, 0.05) is 8.95 Å². The van der Waals surface area contributed by atoms with Crippen molar-refractivity contribution >= 4 is 31.9 Å². The van der Waals surface area contributed by atoms with Gasteiger partial charge in [0.2, 0.25) is 0 Å². The maximum absolute atomic E-state index is 3.65. The summed E-state index contributed by atoms with van der Waals surface area (Å²) in [5.41, 5.74) is 2.99. The van der Waals surface area contributed by atoms with E-state index in [0.29, 0.717) is 5.41 Å². The maximum Gasteiger partial charge on any atom is 0.0210 e. The van der Waals surface area contributed by atoms with Crippen LogP contribution in [0, 0.1) is 12.3 Å². The van der Waals surface area contributed by atoms with Crippen LogP contribution >= 0.6 is 31.9 Å². The van der Waals surface area contributed by atoms with Crippen molar-refractivity contribution in [3.8, 4) is 0 Å². The average molecular weight is 363 g/mol. The van der Waals surface area contributed by atoms with Crippen LogP contribution < -0.4 is 5.32 Å². The van der Waals surface area contributed by atoms with Gasteiger partial charge in [0.25, 0.3) is 0 Å². The Morgan fingerprint density at radius 1 is 1.18 bits per heavy atom. The molecule has 0 atom stereocenters. The molecule has 96 valence electrons. The molecule has 1 aromatic rings. The Hall–Kier alpha value is 0.140. The number of hydrogen-bond donors (Lipinski definition) is 1. The van der Waals surface area contributed by atoms with E-state index in [1.54, 1.807) is 0 Å². The third-order valence-corrected chi connectivity index (χ3v) is 4.65. The molecular formula is C14H21Br2N. The van der Waals surface area contributed by atoms with Crippen LogP contribution in [0.2, 0.25) is 0 Å². The van der Waals surface area contributed by atoms with E-state index >= 15 is 0 Å². The molecule has 1 aromatic carbocycles. The van der Waals surface area contributed by atoms with E-state index in [4.69, 9.17) is 0 Å². The van der Waals surface area contributed by atoms with E-state index in [1.165, 1.54) is 26.5 Å². The lowest BCUT2D eigenvalue weighted by Gasteiger charge is -2.24. The molecule has 0 fully saturated rings. The first-order valence-corrected chi connectivity index (χ1v) is 7.53. The molecule has 0 radical (unpaired) electrons. The van der Waals surface area contributed by atoms with Crippen LogP contribution in [0.3, 0.4) is 0 Å². The van der Waals surface area contributed by atoms with Gasteiger partial charge in [-0.1, -0.05) is 45.7 Å². The maximum atomic E-state index is 3.65. The summed E-state index contributed by atoms with van der Waals surface area (Å²) in [6, 6.07) is 4.42. The highest BCUT2D eigenvalue weighted by molar-refractivity contribution is 9.11. The molecular weight excluding hydrogens is 342 g/mol. The monoisotopic (exact) mass is 361 g/mol. The molecule has 0 aliphatic carbocycles. The van der Waals surface area contributed by atoms with Crippen LogP contribution in [-0.4, -0.2) is 13.6 Å². The van der Waals surface area contributed by atoms with E-state index in [0.717, 1.165) is 13.0 Å². The lowest BCUT2D eigenvalue weighted by Crippen LogP contribution is -2.27. The van der Waals surface area contributed by atoms with Gasteiger partial charge in [0.1, 0.15) is 0 Å². The molecule has 0 aliphatic heterocycles. The van der Waals surface area contributed by atoms with E-state index in [9.17, 15) is 0 Å². The van der Waals surface area contributed by atoms with Gasteiger partial charge in [0.05, 0.1) is 0 Å². The number of benzene rings is 1. The normalized spacial score (nSPS) is 11.9. The molecule has 0 saturated carbocycles. The first-order valence-electron chi connectivity index (χ1n) is 5.95. The Bertz CT molecular complexity index is 386. The number of nitrogens with one attached hydrogen (secondary N) is 1. The topological polar surface area (TPSA) is 12.0 Å². The smallest absolute Gasteiger partial charge is 0.0210 e. The van der Waals surface area contributed by atoms with Crippen molar-refractivity contribution in [3.63, 3.8) is 0 Å². The molecule has 3 heteroatoms. The zero-order valence-electron chi connectivity index (χ0n) is 11.0. The molecule has 0 bridgehead atoms. The van der Waals surface area contributed by atoms with Crippen molar-refractivity contribution in [2.24, 2.45) is 5.41 Å². The van der Waals surface area contributed by atoms with Gasteiger partial charge < -0.3 is 5.32 Å². The van der Waals surface area contributed by atoms with Gasteiger partial charge in [-0.2, -0.15) is 0 Å². The summed E-state index contributed by atoms with van der Waals surface area (Å²) < 4.78 is 2.42. The van der Waals surface area contributed by atoms with Crippen molar-refractivity contribution in [2.75, 3.05) is 13.6 Å². The minimum absolute atomic E-state index is 0.339. The first-order chi connectivity index (χ1) is 7.85. The molecule has 0 heterocycles. The van der Waals surface area contributed by atoms with Crippen LogP contribution in [0.1, 0.15) is 31.4 Å². The second-order valence-electron chi connectivity index (χ2n) is 5.39. The van der Waals surface area contributed by atoms with Gasteiger partial charge in [-0.25, -0.2) is 0 Å². The van der Waals surface area contributed by atoms with Crippen LogP contribution in [0.25, 0.3) is 0 Å². The van der Waals surface area contributed by atoms with Crippen molar-refractivity contribution in [1.82, 2.24) is 5.32 Å². The number of hydrogen-bond acceptors (Lipinski definition) is 1. The van der Waals surface area contributed by atoms with Gasteiger partial charge >= 0.3 is 0 Å². The fourth-order valence-corrected chi connectivity index (χ4v) is 2.97. The van der Waals surface area contributed by atoms with E-state index in [-0.39, 0.29) is 0 Å². The third-order valence-electron chi connectivity index (χ3n) is 3.05. The van der Waals surface area contributed by atoms with Crippen LogP contribution in [0.15, 0.2) is 21.1 Å². The zero-order valence-corrected chi connectivity index (χ0v) is 14.2. The van der Waals surface area contributed by atoms with E-state index < -0.39 is 0 Å². The third kappa shape index (κ3) is 4.72. The van der Waals surface area contributed by atoms with Gasteiger partial charge in [0.15, 0.2) is 0 Å². The molecule has 17 heavy (non-hydrogen) atoms. The lowest BCUT2D eigenvalue weighted by molar-refractivity contribution is 0.324. The molecule has 1 N–H and O–H groups in total. The summed E-state index contributed by atoms with van der Waals surface area (Å²) in [4.78, 5) is 0. The second kappa shape index (κ2) is 6.35. The fraction of sp³-hybridized carbons (Fsp3) is 0.571. The Kier molecular flexibility index (Phi) is 5.68. The molecule has 0 aromatic heterocycles. The molecule has 1 nitrogen and oxygen atoms in total. The van der Waals surface area contributed by atoms with Gasteiger partial charge in [-0.05, 0) is 62.0 Å². The summed E-state index contributed by atoms with van der Waals surface area (Å²) in [5, 5.41) is 3.26. The average Bonchev–Trinajstić information content (AvgIpc) is 2.21. The molecule has 0 amide bonds. The minimum atomic E-state index is 0.339. The summed E-state index contributed by atoms with van der Waals surface area (Å²) in [5.74, 6) is 0. The van der Waals surface area contributed by atoms with Gasteiger partial charge in [-0.3, -0.25) is 0 Å². The Morgan fingerprint density at radius 2 is 1.82 bits per heavy atom. The predicted molar refractivity (Wildman–Crippen MR) is 82.6 cm³/mol. The number of halogens is 2. The molecule has 0 saturated heterocycles. The zero-order chi connectivity index (χ0) is 13.1. The number of rotatable bonds is 5. The Balaban J connectivity index is 2.73. The largest absolute Gasteiger partial charge is 0.319 e. The summed E-state index contributed by atoms with van der Waals surface area (Å²) >= 11 is 7.25. The van der Waals surface area contributed by atoms with Crippen molar-refractivity contribution in [3.05, 3.63) is 32.2 Å². The summed E-state index contributed by atoms with van der Waals surface area (Å²) in [6.07, 6.45) is 2.29. The molecule has 1 rings (SSSR count). The molecule has 0 spiro atoms. The highest BCUT2D eigenvalue weighted by atomic mass is 79.9. The highest BCUT2D eigenvalue weighted by Crippen LogP contribution is 2.29. The second-order valence-corrected chi connectivity index (χ2v) is 7.10. The number of aryl methyl sites for hydroxylation is 2. The van der Waals surface area contributed by atoms with E-state index in [1.807, 2.05) is 7.05 Å². The quantitative estimate of drug-likeness (QED) is 0.800. The first kappa shape index (κ1) is 15.2. The Labute approximate surface area is 122 Å². The van der Waals surface area contributed by atoms with Crippen molar-refractivity contribution in [2.45, 2.75) is 33.6 Å². The molecule has 0 unspecified atom stereocenters. The van der Waals surface area contributed by atoms with E-state index in [2.05, 4.69) is 70.1 Å². The lowest BCUT2D eigenvalue weighted by atomic mass is 9.86. The minimum Gasteiger partial charge on any atom is -0.319 e. The van der Waals surface area contributed by atoms with Crippen molar-refractivity contribution in [1.29, 1.82) is 0 Å². The highest BCUT2D eigenvalue weighted by Gasteiger charge is 2.17. The SMILES string of the molecule is CNCC(C)(C)CCc1cc(Br)c(C)cc1Br. The summed E-state index contributed by atoms with van der Waals surface area (Å²) in [6.45, 7) is 7.78. The standard InChI is InChI=1S/C14H21Br2N/c1-10-7-13(16)11(8-12(10)15)5-6-14(2,3)9-17-4/h7-8,17H,5-6,9H2,1-4H3. The van der Waals surface area contributed by atoms with Crippen LogP contribution in [0.5, 0.6) is 0 Å². The van der Waals surface area contributed by atoms with Crippen LogP contribution in [0.4, 0.5) is 0 Å². The Morgan fingerprint density at radius 3 is 2.41 bits per heavy atom. The van der Waals surface area contributed by atoms with Crippen LogP contribution in [-0.2, 0) is 6.42 Å². The summed E-state index contributed by atoms with van der Waals surface area (Å²) in [7, 11) is 2.01. The molecule has 0 aliphatic rings.